The van der Waals surface area contributed by atoms with Crippen LogP contribution in [0.5, 0.6) is 0 Å². The molecule has 0 N–H and O–H groups in total. The topological polar surface area (TPSA) is 123 Å². The molecule has 292 valence electrons. The van der Waals surface area contributed by atoms with Crippen molar-refractivity contribution >= 4 is 38.9 Å². The Kier molecular flexibility index (Phi) is 12.2. The first-order valence-corrected chi connectivity index (χ1v) is 22.2. The zero-order chi connectivity index (χ0) is 38.3. The van der Waals surface area contributed by atoms with Crippen LogP contribution < -0.4 is 0 Å². The number of fused-ring (bicyclic) bond motifs is 1. The van der Waals surface area contributed by atoms with Gasteiger partial charge in [-0.05, 0) is 93.3 Å². The van der Waals surface area contributed by atoms with Crippen LogP contribution in [0.25, 0.3) is 0 Å². The standard InChI is InChI=1S/C43H67NO7S/c1-8-9-16-34(46)38(48)30(23-29-17-18-29)24-35(47)37-36-33(41(36,5)6)27-44(37)39(49)32(42(7)19-12-10-13-20-42)25-31(45)26-43(21-14-11-15-22-43)28-52(50,51)40(2,3)4/h8,29-30,32-33,36-37H,1,9-28H2,2-7H3/t30-,32-,33+,36+,37-/m1/s1. The number of Topliss-reactive ketones (excluding diaryl/α,β-unsaturated/α-hetero) is 4. The summed E-state index contributed by atoms with van der Waals surface area (Å²) in [5, 5.41) is 0. The van der Waals surface area contributed by atoms with Crippen LogP contribution in [0.3, 0.4) is 0 Å². The summed E-state index contributed by atoms with van der Waals surface area (Å²) in [5.41, 5.74) is -1.13. The first-order valence-electron chi connectivity index (χ1n) is 20.5. The summed E-state index contributed by atoms with van der Waals surface area (Å²) in [4.78, 5) is 71.9. The number of nitrogens with zero attached hydrogens (tertiary/aromatic N) is 1. The van der Waals surface area contributed by atoms with Gasteiger partial charge in [0.2, 0.25) is 11.7 Å². The summed E-state index contributed by atoms with van der Waals surface area (Å²) < 4.78 is 26.1. The predicted molar refractivity (Wildman–Crippen MR) is 204 cm³/mol. The summed E-state index contributed by atoms with van der Waals surface area (Å²) in [6.45, 7) is 15.7. The molecule has 0 aromatic carbocycles. The maximum Gasteiger partial charge on any atom is 0.227 e. The summed E-state index contributed by atoms with van der Waals surface area (Å²) in [6, 6.07) is -0.670. The van der Waals surface area contributed by atoms with Gasteiger partial charge in [0.15, 0.2) is 21.4 Å². The van der Waals surface area contributed by atoms with Crippen molar-refractivity contribution in [1.29, 1.82) is 0 Å². The number of hydrogen-bond donors (Lipinski definition) is 0. The number of allylic oxidation sites excluding steroid dienone is 1. The minimum absolute atomic E-state index is 0.0108. The molecular weight excluding hydrogens is 675 g/mol. The second-order valence-electron chi connectivity index (χ2n) is 19.7. The monoisotopic (exact) mass is 741 g/mol. The number of ketones is 4. The molecule has 5 atom stereocenters. The molecule has 1 saturated heterocycles. The summed E-state index contributed by atoms with van der Waals surface area (Å²) in [5.74, 6) is -1.99. The smallest absolute Gasteiger partial charge is 0.227 e. The second-order valence-corrected chi connectivity index (χ2v) is 22.4. The van der Waals surface area contributed by atoms with E-state index in [1.54, 1.807) is 31.7 Å². The van der Waals surface area contributed by atoms with Crippen LogP contribution in [0, 0.1) is 45.8 Å². The summed E-state index contributed by atoms with van der Waals surface area (Å²) in [6.07, 6.45) is 13.8. The third-order valence-corrected chi connectivity index (χ3v) is 17.1. The van der Waals surface area contributed by atoms with Gasteiger partial charge in [-0.15, -0.1) is 6.58 Å². The highest BCUT2D eigenvalue weighted by atomic mass is 32.2. The molecular formula is C43H67NO7S. The van der Waals surface area contributed by atoms with Gasteiger partial charge in [-0.3, -0.25) is 24.0 Å². The van der Waals surface area contributed by atoms with E-state index in [-0.39, 0.29) is 66.2 Å². The van der Waals surface area contributed by atoms with Crippen LogP contribution in [0.2, 0.25) is 0 Å². The molecule has 4 saturated carbocycles. The predicted octanol–water partition coefficient (Wildman–Crippen LogP) is 8.05. The Bertz CT molecular complexity index is 1500. The quantitative estimate of drug-likeness (QED) is 0.103. The fourth-order valence-electron chi connectivity index (χ4n) is 10.4. The lowest BCUT2D eigenvalue weighted by Crippen LogP contribution is -2.52. The Hall–Kier alpha value is -2.16. The molecule has 0 aromatic heterocycles. The van der Waals surface area contributed by atoms with E-state index >= 15 is 4.79 Å². The van der Waals surface area contributed by atoms with Crippen molar-refractivity contribution < 1.29 is 32.4 Å². The molecule has 0 bridgehead atoms. The Labute approximate surface area is 314 Å². The van der Waals surface area contributed by atoms with Gasteiger partial charge in [0.1, 0.15) is 5.78 Å². The lowest BCUT2D eigenvalue weighted by Gasteiger charge is -2.44. The van der Waals surface area contributed by atoms with E-state index in [9.17, 15) is 27.6 Å². The molecule has 0 spiro atoms. The van der Waals surface area contributed by atoms with Crippen molar-refractivity contribution in [2.75, 3.05) is 12.3 Å². The van der Waals surface area contributed by atoms with Crippen LogP contribution in [-0.4, -0.2) is 65.4 Å². The number of hydrogen-bond acceptors (Lipinski definition) is 7. The van der Waals surface area contributed by atoms with E-state index in [1.807, 2.05) is 0 Å². The average Bonchev–Trinajstić information content (AvgIpc) is 3.92. The number of rotatable bonds is 18. The second kappa shape index (κ2) is 15.5. The zero-order valence-electron chi connectivity index (χ0n) is 33.1. The number of piperidine rings is 1. The number of sulfone groups is 1. The minimum atomic E-state index is -3.47. The van der Waals surface area contributed by atoms with Crippen molar-refractivity contribution in [3.05, 3.63) is 12.7 Å². The van der Waals surface area contributed by atoms with Crippen LogP contribution in [-0.2, 0) is 33.8 Å². The van der Waals surface area contributed by atoms with Gasteiger partial charge < -0.3 is 4.90 Å². The van der Waals surface area contributed by atoms with Crippen LogP contribution >= 0.6 is 0 Å². The molecule has 0 unspecified atom stereocenters. The largest absolute Gasteiger partial charge is 0.332 e. The molecule has 5 rings (SSSR count). The van der Waals surface area contributed by atoms with E-state index in [0.29, 0.717) is 38.1 Å². The van der Waals surface area contributed by atoms with Gasteiger partial charge in [0, 0.05) is 38.1 Å². The molecule has 1 aliphatic heterocycles. The van der Waals surface area contributed by atoms with Crippen molar-refractivity contribution in [1.82, 2.24) is 4.90 Å². The molecule has 1 heterocycles. The lowest BCUT2D eigenvalue weighted by molar-refractivity contribution is -0.150. The van der Waals surface area contributed by atoms with Crippen molar-refractivity contribution in [3.8, 4) is 0 Å². The van der Waals surface area contributed by atoms with Crippen LogP contribution in [0.15, 0.2) is 12.7 Å². The van der Waals surface area contributed by atoms with Gasteiger partial charge >= 0.3 is 0 Å². The number of carbonyl (C=O) groups excluding carboxylic acids is 5. The SMILES string of the molecule is C=CCCC(=O)C(=O)[C@@H](CC(=O)[C@@H]1[C@@H]2[C@H](CN1C(=O)[C@@H](CC(=O)CC1(CS(=O)(=O)C(C)(C)C)CCCCC1)C1(C)CCCCC1)C2(C)C)CC1CC1. The average molecular weight is 742 g/mol. The van der Waals surface area contributed by atoms with Gasteiger partial charge in [-0.1, -0.05) is 78.2 Å². The van der Waals surface area contributed by atoms with E-state index in [4.69, 9.17) is 0 Å². The van der Waals surface area contributed by atoms with Crippen molar-refractivity contribution in [2.45, 2.75) is 168 Å². The number of likely N-dealkylation sites (tertiary alicyclic amines) is 1. The summed E-state index contributed by atoms with van der Waals surface area (Å²) in [7, 11) is -3.47. The zero-order valence-corrected chi connectivity index (χ0v) is 33.9. The maximum absolute atomic E-state index is 15.0. The molecule has 4 aliphatic carbocycles. The number of carbonyl (C=O) groups is 5. The van der Waals surface area contributed by atoms with E-state index < -0.39 is 54.9 Å². The molecule has 1 amide bonds. The highest BCUT2D eigenvalue weighted by Gasteiger charge is 2.69. The highest BCUT2D eigenvalue weighted by Crippen LogP contribution is 2.65. The molecule has 8 nitrogen and oxygen atoms in total. The minimum Gasteiger partial charge on any atom is -0.332 e. The maximum atomic E-state index is 15.0. The third kappa shape index (κ3) is 8.86. The normalized spacial score (nSPS) is 27.6. The Morgan fingerprint density at radius 2 is 1.48 bits per heavy atom. The lowest BCUT2D eigenvalue weighted by atomic mass is 9.64. The molecule has 0 radical (unpaired) electrons. The van der Waals surface area contributed by atoms with Crippen LogP contribution in [0.4, 0.5) is 0 Å². The molecule has 9 heteroatoms. The molecule has 5 aliphatic rings. The Morgan fingerprint density at radius 3 is 2.04 bits per heavy atom. The molecule has 5 fully saturated rings. The molecule has 0 aromatic rings. The van der Waals surface area contributed by atoms with Gasteiger partial charge in [0.25, 0.3) is 0 Å². The third-order valence-electron chi connectivity index (χ3n) is 14.3. The first-order chi connectivity index (χ1) is 24.3. The van der Waals surface area contributed by atoms with E-state index in [0.717, 1.165) is 64.2 Å². The van der Waals surface area contributed by atoms with Gasteiger partial charge in [-0.2, -0.15) is 0 Å². The fraction of sp³-hybridized carbons (Fsp3) is 0.837. The molecule has 52 heavy (non-hydrogen) atoms. The highest BCUT2D eigenvalue weighted by molar-refractivity contribution is 7.92. The van der Waals surface area contributed by atoms with E-state index in [1.165, 1.54) is 0 Å². The number of amides is 1. The summed E-state index contributed by atoms with van der Waals surface area (Å²) >= 11 is 0. The fourth-order valence-corrected chi connectivity index (χ4v) is 12.1. The van der Waals surface area contributed by atoms with E-state index in [2.05, 4.69) is 27.4 Å². The van der Waals surface area contributed by atoms with Crippen molar-refractivity contribution in [3.63, 3.8) is 0 Å². The van der Waals surface area contributed by atoms with Gasteiger partial charge in [0.05, 0.1) is 22.5 Å². The Morgan fingerprint density at radius 1 is 0.885 bits per heavy atom. The first kappa shape index (κ1) is 41.0. The Balaban J connectivity index is 1.40. The van der Waals surface area contributed by atoms with Gasteiger partial charge in [-0.25, -0.2) is 8.42 Å². The van der Waals surface area contributed by atoms with Crippen LogP contribution in [0.1, 0.15) is 157 Å². The van der Waals surface area contributed by atoms with Crippen molar-refractivity contribution in [2.24, 2.45) is 45.8 Å².